The summed E-state index contributed by atoms with van der Waals surface area (Å²) in [4.78, 5) is 14.7. The molecular formula is C12H11FN2O3. The molecule has 0 aliphatic carbocycles. The lowest BCUT2D eigenvalue weighted by molar-refractivity contribution is 0.0696. The number of aromatic carboxylic acids is 1. The van der Waals surface area contributed by atoms with Crippen LogP contribution >= 0.6 is 0 Å². The van der Waals surface area contributed by atoms with E-state index in [2.05, 4.69) is 10.3 Å². The lowest BCUT2D eigenvalue weighted by Gasteiger charge is -2.30. The van der Waals surface area contributed by atoms with Gasteiger partial charge >= 0.3 is 5.97 Å². The average Bonchev–Trinajstić information content (AvgIpc) is 2.34. The van der Waals surface area contributed by atoms with Gasteiger partial charge in [-0.1, -0.05) is 0 Å². The van der Waals surface area contributed by atoms with E-state index >= 15 is 0 Å². The van der Waals surface area contributed by atoms with Crippen LogP contribution in [0, 0.1) is 0 Å². The Bertz CT molecular complexity index is 568. The molecule has 1 aliphatic rings. The van der Waals surface area contributed by atoms with Crippen molar-refractivity contribution in [3.05, 3.63) is 53.4 Å². The van der Waals surface area contributed by atoms with Crippen LogP contribution in [-0.4, -0.2) is 21.2 Å². The Balaban J connectivity index is 2.43. The number of dihydropyridines is 1. The molecule has 0 radical (unpaired) electrons. The highest BCUT2D eigenvalue weighted by atomic mass is 19.1. The average molecular weight is 250 g/mol. The van der Waals surface area contributed by atoms with Crippen molar-refractivity contribution in [2.45, 2.75) is 12.5 Å². The Morgan fingerprint density at radius 1 is 1.50 bits per heavy atom. The molecule has 0 spiro atoms. The largest absolute Gasteiger partial charge is 0.505 e. The van der Waals surface area contributed by atoms with Gasteiger partial charge in [0.05, 0.1) is 11.1 Å². The first-order valence-corrected chi connectivity index (χ1v) is 5.17. The van der Waals surface area contributed by atoms with Crippen molar-refractivity contribution >= 4 is 5.97 Å². The Hall–Kier alpha value is -2.37. The normalized spacial score (nSPS) is 22.8. The van der Waals surface area contributed by atoms with Crippen LogP contribution in [0.5, 0.6) is 0 Å². The van der Waals surface area contributed by atoms with Crippen LogP contribution in [-0.2, 0) is 5.54 Å². The van der Waals surface area contributed by atoms with Gasteiger partial charge in [-0.15, -0.1) is 0 Å². The minimum atomic E-state index is -1.10. The number of carbonyl (C=O) groups is 1. The summed E-state index contributed by atoms with van der Waals surface area (Å²) in [5.41, 5.74) is -0.367. The van der Waals surface area contributed by atoms with Crippen LogP contribution in [0.3, 0.4) is 0 Å². The molecule has 18 heavy (non-hydrogen) atoms. The first-order valence-electron chi connectivity index (χ1n) is 5.17. The van der Waals surface area contributed by atoms with Crippen LogP contribution < -0.4 is 5.32 Å². The minimum Gasteiger partial charge on any atom is -0.505 e. The van der Waals surface area contributed by atoms with Crippen molar-refractivity contribution in [3.63, 3.8) is 0 Å². The zero-order valence-corrected chi connectivity index (χ0v) is 9.51. The Morgan fingerprint density at radius 3 is 2.83 bits per heavy atom. The molecule has 1 aromatic heterocycles. The predicted molar refractivity (Wildman–Crippen MR) is 61.6 cm³/mol. The van der Waals surface area contributed by atoms with Crippen molar-refractivity contribution in [3.8, 4) is 0 Å². The van der Waals surface area contributed by atoms with E-state index in [0.29, 0.717) is 5.56 Å². The molecule has 94 valence electrons. The van der Waals surface area contributed by atoms with Gasteiger partial charge in [0.25, 0.3) is 0 Å². The van der Waals surface area contributed by atoms with Gasteiger partial charge in [0.1, 0.15) is 0 Å². The predicted octanol–water partition coefficient (Wildman–Crippen LogP) is 1.85. The van der Waals surface area contributed by atoms with E-state index in [1.54, 1.807) is 6.92 Å². The molecule has 3 N–H and O–H groups in total. The van der Waals surface area contributed by atoms with Crippen LogP contribution in [0.25, 0.3) is 0 Å². The number of halogens is 1. The van der Waals surface area contributed by atoms with Gasteiger partial charge in [-0.05, 0) is 19.1 Å². The SMILES string of the molecule is CC1(c2cncc(C(=O)O)c2)C=C(O)C(F)=CN1. The number of hydrogen-bond acceptors (Lipinski definition) is 4. The van der Waals surface area contributed by atoms with Gasteiger partial charge in [-0.2, -0.15) is 0 Å². The maximum atomic E-state index is 13.0. The molecule has 2 heterocycles. The van der Waals surface area contributed by atoms with Crippen molar-refractivity contribution < 1.29 is 19.4 Å². The molecule has 0 saturated carbocycles. The minimum absolute atomic E-state index is 0.0263. The van der Waals surface area contributed by atoms with Gasteiger partial charge < -0.3 is 15.5 Å². The van der Waals surface area contributed by atoms with Gasteiger partial charge in [0.2, 0.25) is 0 Å². The van der Waals surface area contributed by atoms with E-state index in [4.69, 9.17) is 5.11 Å². The molecule has 0 aromatic carbocycles. The second-order valence-electron chi connectivity index (χ2n) is 4.14. The van der Waals surface area contributed by atoms with Gasteiger partial charge in [-0.3, -0.25) is 4.98 Å². The fraction of sp³-hybridized carbons (Fsp3) is 0.167. The van der Waals surface area contributed by atoms with E-state index in [9.17, 15) is 14.3 Å². The Labute approximate surface area is 102 Å². The fourth-order valence-corrected chi connectivity index (χ4v) is 1.68. The number of aromatic nitrogens is 1. The molecule has 0 fully saturated rings. The highest BCUT2D eigenvalue weighted by Crippen LogP contribution is 2.29. The number of aliphatic hydroxyl groups excluding tert-OH is 1. The Kier molecular flexibility index (Phi) is 2.78. The summed E-state index contributed by atoms with van der Waals surface area (Å²) in [6, 6.07) is 1.42. The zero-order valence-electron chi connectivity index (χ0n) is 9.51. The molecule has 6 heteroatoms. The number of hydrogen-bond donors (Lipinski definition) is 3. The number of carboxylic acid groups (broad SMARTS) is 1. The Morgan fingerprint density at radius 2 is 2.22 bits per heavy atom. The zero-order chi connectivity index (χ0) is 13.3. The second-order valence-corrected chi connectivity index (χ2v) is 4.14. The number of carboxylic acids is 1. The highest BCUT2D eigenvalue weighted by Gasteiger charge is 2.29. The molecular weight excluding hydrogens is 239 g/mol. The highest BCUT2D eigenvalue weighted by molar-refractivity contribution is 5.87. The van der Waals surface area contributed by atoms with Gasteiger partial charge in [-0.25, -0.2) is 9.18 Å². The first-order chi connectivity index (χ1) is 8.42. The van der Waals surface area contributed by atoms with Crippen molar-refractivity contribution in [2.24, 2.45) is 0 Å². The van der Waals surface area contributed by atoms with E-state index in [1.807, 2.05) is 0 Å². The first kappa shape index (κ1) is 12.1. The van der Waals surface area contributed by atoms with Crippen molar-refractivity contribution in [1.82, 2.24) is 10.3 Å². The van der Waals surface area contributed by atoms with Gasteiger partial charge in [0.15, 0.2) is 11.6 Å². The lowest BCUT2D eigenvalue weighted by Crippen LogP contribution is -2.37. The summed E-state index contributed by atoms with van der Waals surface area (Å²) in [5, 5.41) is 21.0. The number of rotatable bonds is 2. The molecule has 0 amide bonds. The smallest absolute Gasteiger partial charge is 0.337 e. The summed E-state index contributed by atoms with van der Waals surface area (Å²) in [6.07, 6.45) is 4.98. The summed E-state index contributed by atoms with van der Waals surface area (Å²) in [5.74, 6) is -2.36. The molecule has 1 aliphatic heterocycles. The number of nitrogens with one attached hydrogen (secondary N) is 1. The molecule has 1 unspecified atom stereocenters. The number of nitrogens with zero attached hydrogens (tertiary/aromatic N) is 1. The lowest BCUT2D eigenvalue weighted by atomic mass is 9.90. The number of aliphatic hydroxyl groups is 1. The van der Waals surface area contributed by atoms with Crippen LogP contribution in [0.4, 0.5) is 4.39 Å². The van der Waals surface area contributed by atoms with Crippen molar-refractivity contribution in [1.29, 1.82) is 0 Å². The third kappa shape index (κ3) is 2.04. The molecule has 0 saturated heterocycles. The monoisotopic (exact) mass is 250 g/mol. The third-order valence-electron chi connectivity index (χ3n) is 2.75. The summed E-state index contributed by atoms with van der Waals surface area (Å²) >= 11 is 0. The topological polar surface area (TPSA) is 82.5 Å². The third-order valence-corrected chi connectivity index (χ3v) is 2.75. The quantitative estimate of drug-likeness (QED) is 0.746. The van der Waals surface area contributed by atoms with E-state index in [1.165, 1.54) is 24.5 Å². The molecule has 1 aromatic rings. The second kappa shape index (κ2) is 4.14. The summed E-state index contributed by atoms with van der Waals surface area (Å²) < 4.78 is 13.0. The number of pyridine rings is 1. The molecule has 2 rings (SSSR count). The molecule has 5 nitrogen and oxygen atoms in total. The van der Waals surface area contributed by atoms with Crippen LogP contribution in [0.15, 0.2) is 42.3 Å². The maximum Gasteiger partial charge on any atom is 0.337 e. The summed E-state index contributed by atoms with van der Waals surface area (Å²) in [7, 11) is 0. The number of allylic oxidation sites excluding steroid dienone is 1. The standard InChI is InChI=1S/C12H11FN2O3/c1-12(3-10(16)9(13)6-15-12)8-2-7(11(17)18)4-14-5-8/h2-6,15-16H,1H3,(H,17,18). The van der Waals surface area contributed by atoms with Gasteiger partial charge in [0, 0.05) is 24.2 Å². The van der Waals surface area contributed by atoms with Crippen molar-refractivity contribution in [2.75, 3.05) is 0 Å². The van der Waals surface area contributed by atoms with E-state index < -0.39 is 23.1 Å². The molecule has 1 atom stereocenters. The molecule has 0 bridgehead atoms. The van der Waals surface area contributed by atoms with Crippen LogP contribution in [0.1, 0.15) is 22.8 Å². The fourth-order valence-electron chi connectivity index (χ4n) is 1.68. The maximum absolute atomic E-state index is 13.0. The van der Waals surface area contributed by atoms with E-state index in [-0.39, 0.29) is 5.56 Å². The van der Waals surface area contributed by atoms with E-state index in [0.717, 1.165) is 6.20 Å². The van der Waals surface area contributed by atoms with Crippen LogP contribution in [0.2, 0.25) is 0 Å². The summed E-state index contributed by atoms with van der Waals surface area (Å²) in [6.45, 7) is 1.68.